The van der Waals surface area contributed by atoms with E-state index in [1.807, 2.05) is 32.3 Å². The first-order valence-corrected chi connectivity index (χ1v) is 4.03. The van der Waals surface area contributed by atoms with Crippen molar-refractivity contribution in [3.05, 3.63) is 42.5 Å². The molecule has 0 aliphatic rings. The molecule has 0 amide bonds. The van der Waals surface area contributed by atoms with Gasteiger partial charge in [-0.1, -0.05) is 18.7 Å². The lowest BCUT2D eigenvalue weighted by Gasteiger charge is -2.04. The van der Waals surface area contributed by atoms with Gasteiger partial charge in [0.2, 0.25) is 0 Å². The molecule has 0 radical (unpaired) electrons. The summed E-state index contributed by atoms with van der Waals surface area (Å²) in [6, 6.07) is 0. The lowest BCUT2D eigenvalue weighted by molar-refractivity contribution is 0.760. The van der Waals surface area contributed by atoms with Gasteiger partial charge in [0.15, 0.2) is 0 Å². The Morgan fingerprint density at radius 2 is 2.50 bits per heavy atom. The maximum absolute atomic E-state index is 4.14. The number of aromatic nitrogens is 2. The van der Waals surface area contributed by atoms with Crippen LogP contribution in [0.3, 0.4) is 0 Å². The van der Waals surface area contributed by atoms with E-state index in [2.05, 4.69) is 22.2 Å². The van der Waals surface area contributed by atoms with E-state index in [1.54, 1.807) is 0 Å². The molecule has 0 saturated carbocycles. The van der Waals surface area contributed by atoms with Crippen LogP contribution in [0.1, 0.15) is 12.7 Å². The number of nitrogens with zero attached hydrogens (tertiary/aromatic N) is 2. The van der Waals surface area contributed by atoms with Gasteiger partial charge < -0.3 is 4.57 Å². The van der Waals surface area contributed by atoms with Crippen molar-refractivity contribution in [2.75, 3.05) is 0 Å². The highest BCUT2D eigenvalue weighted by atomic mass is 15.0. The zero-order valence-corrected chi connectivity index (χ0v) is 7.62. The lowest BCUT2D eigenvalue weighted by atomic mass is 10.2. The SMILES string of the molecule is C=C/C(=C\C)Cn1ccnc1C. The molecule has 1 rings (SSSR count). The normalized spacial score (nSPS) is 11.7. The van der Waals surface area contributed by atoms with Gasteiger partial charge in [-0.3, -0.25) is 0 Å². The Bertz CT molecular complexity index is 295. The van der Waals surface area contributed by atoms with Crippen molar-refractivity contribution in [3.63, 3.8) is 0 Å². The summed E-state index contributed by atoms with van der Waals surface area (Å²) in [5, 5.41) is 0. The first-order chi connectivity index (χ1) is 5.77. The van der Waals surface area contributed by atoms with Crippen LogP contribution in [0.4, 0.5) is 0 Å². The Morgan fingerprint density at radius 3 is 2.92 bits per heavy atom. The Balaban J connectivity index is 2.75. The average Bonchev–Trinajstić information content (AvgIpc) is 2.47. The van der Waals surface area contributed by atoms with E-state index in [9.17, 15) is 0 Å². The van der Waals surface area contributed by atoms with Crippen molar-refractivity contribution in [1.82, 2.24) is 9.55 Å². The Hall–Kier alpha value is -1.31. The Labute approximate surface area is 73.2 Å². The van der Waals surface area contributed by atoms with Gasteiger partial charge in [-0.05, 0) is 19.4 Å². The maximum Gasteiger partial charge on any atom is 0.105 e. The fourth-order valence-corrected chi connectivity index (χ4v) is 1.04. The van der Waals surface area contributed by atoms with Crippen LogP contribution in [-0.2, 0) is 6.54 Å². The van der Waals surface area contributed by atoms with Gasteiger partial charge in [0.25, 0.3) is 0 Å². The van der Waals surface area contributed by atoms with Gasteiger partial charge in [-0.15, -0.1) is 0 Å². The van der Waals surface area contributed by atoms with E-state index in [0.717, 1.165) is 12.4 Å². The highest BCUT2D eigenvalue weighted by Gasteiger charge is 1.96. The minimum atomic E-state index is 0.867. The Kier molecular flexibility index (Phi) is 2.86. The second kappa shape index (κ2) is 3.90. The number of imidazole rings is 1. The van der Waals surface area contributed by atoms with Crippen LogP contribution in [0, 0.1) is 6.92 Å². The molecular weight excluding hydrogens is 148 g/mol. The largest absolute Gasteiger partial charge is 0.331 e. The molecule has 0 unspecified atom stereocenters. The third kappa shape index (κ3) is 1.84. The third-order valence-electron chi connectivity index (χ3n) is 1.91. The monoisotopic (exact) mass is 162 g/mol. The van der Waals surface area contributed by atoms with Crippen molar-refractivity contribution in [3.8, 4) is 0 Å². The predicted octanol–water partition coefficient (Wildman–Crippen LogP) is 2.32. The summed E-state index contributed by atoms with van der Waals surface area (Å²) in [5.74, 6) is 1.04. The summed E-state index contributed by atoms with van der Waals surface area (Å²) in [5.41, 5.74) is 1.22. The van der Waals surface area contributed by atoms with Crippen molar-refractivity contribution in [1.29, 1.82) is 0 Å². The number of rotatable bonds is 3. The molecule has 0 atom stereocenters. The van der Waals surface area contributed by atoms with Crippen LogP contribution in [-0.4, -0.2) is 9.55 Å². The van der Waals surface area contributed by atoms with E-state index in [-0.39, 0.29) is 0 Å². The van der Waals surface area contributed by atoms with E-state index < -0.39 is 0 Å². The zero-order valence-electron chi connectivity index (χ0n) is 7.62. The molecular formula is C10H14N2. The number of allylic oxidation sites excluding steroid dienone is 3. The van der Waals surface area contributed by atoms with Crippen LogP contribution >= 0.6 is 0 Å². The standard InChI is InChI=1S/C10H14N2/c1-4-10(5-2)8-12-7-6-11-9(12)3/h4-7H,1,8H2,2-3H3/b10-5+. The molecule has 1 heterocycles. The second-order valence-corrected chi connectivity index (χ2v) is 2.67. The van der Waals surface area contributed by atoms with Crippen molar-refractivity contribution in [2.24, 2.45) is 0 Å². The summed E-state index contributed by atoms with van der Waals surface area (Å²) in [7, 11) is 0. The fraction of sp³-hybridized carbons (Fsp3) is 0.300. The molecule has 1 aromatic rings. The molecule has 0 aliphatic heterocycles. The first kappa shape index (κ1) is 8.78. The quantitative estimate of drug-likeness (QED) is 0.624. The smallest absolute Gasteiger partial charge is 0.105 e. The van der Waals surface area contributed by atoms with Crippen molar-refractivity contribution < 1.29 is 0 Å². The van der Waals surface area contributed by atoms with Crippen molar-refractivity contribution in [2.45, 2.75) is 20.4 Å². The van der Waals surface area contributed by atoms with Crippen LogP contribution < -0.4 is 0 Å². The molecule has 0 aliphatic carbocycles. The molecule has 64 valence electrons. The summed E-state index contributed by atoms with van der Waals surface area (Å²) >= 11 is 0. The number of hydrogen-bond donors (Lipinski definition) is 0. The molecule has 12 heavy (non-hydrogen) atoms. The summed E-state index contributed by atoms with van der Waals surface area (Å²) in [6.45, 7) is 8.62. The summed E-state index contributed by atoms with van der Waals surface area (Å²) in [4.78, 5) is 4.14. The lowest BCUT2D eigenvalue weighted by Crippen LogP contribution is -2.00. The average molecular weight is 162 g/mol. The minimum absolute atomic E-state index is 0.867. The Morgan fingerprint density at radius 1 is 1.75 bits per heavy atom. The molecule has 0 spiro atoms. The van der Waals surface area contributed by atoms with E-state index in [0.29, 0.717) is 0 Å². The van der Waals surface area contributed by atoms with Gasteiger partial charge >= 0.3 is 0 Å². The first-order valence-electron chi connectivity index (χ1n) is 4.03. The van der Waals surface area contributed by atoms with E-state index in [1.165, 1.54) is 5.57 Å². The van der Waals surface area contributed by atoms with Crippen LogP contribution in [0.25, 0.3) is 0 Å². The molecule has 2 nitrogen and oxygen atoms in total. The van der Waals surface area contributed by atoms with Gasteiger partial charge in [-0.2, -0.15) is 0 Å². The van der Waals surface area contributed by atoms with E-state index >= 15 is 0 Å². The van der Waals surface area contributed by atoms with Gasteiger partial charge in [0, 0.05) is 18.9 Å². The highest BCUT2D eigenvalue weighted by molar-refractivity contribution is 5.15. The molecule has 2 heteroatoms. The maximum atomic E-state index is 4.14. The van der Waals surface area contributed by atoms with E-state index in [4.69, 9.17) is 0 Å². The molecule has 0 bridgehead atoms. The van der Waals surface area contributed by atoms with Gasteiger partial charge in [-0.25, -0.2) is 4.98 Å². The highest BCUT2D eigenvalue weighted by Crippen LogP contribution is 2.03. The molecule has 0 N–H and O–H groups in total. The van der Waals surface area contributed by atoms with Gasteiger partial charge in [0.1, 0.15) is 5.82 Å². The van der Waals surface area contributed by atoms with Crippen molar-refractivity contribution >= 4 is 0 Å². The minimum Gasteiger partial charge on any atom is -0.331 e. The number of aryl methyl sites for hydroxylation is 1. The van der Waals surface area contributed by atoms with Gasteiger partial charge in [0.05, 0.1) is 0 Å². The van der Waals surface area contributed by atoms with Crippen LogP contribution in [0.5, 0.6) is 0 Å². The summed E-state index contributed by atoms with van der Waals surface area (Å²) in [6.07, 6.45) is 7.72. The third-order valence-corrected chi connectivity index (χ3v) is 1.91. The fourth-order valence-electron chi connectivity index (χ4n) is 1.04. The van der Waals surface area contributed by atoms with Crippen LogP contribution in [0.15, 0.2) is 36.7 Å². The molecule has 1 aromatic heterocycles. The molecule has 0 saturated heterocycles. The van der Waals surface area contributed by atoms with Crippen LogP contribution in [0.2, 0.25) is 0 Å². The molecule has 0 fully saturated rings. The number of hydrogen-bond acceptors (Lipinski definition) is 1. The predicted molar refractivity (Wildman–Crippen MR) is 50.9 cm³/mol. The zero-order chi connectivity index (χ0) is 8.97. The topological polar surface area (TPSA) is 17.8 Å². The second-order valence-electron chi connectivity index (χ2n) is 2.67. The summed E-state index contributed by atoms with van der Waals surface area (Å²) < 4.78 is 2.09. The molecule has 0 aromatic carbocycles.